The van der Waals surface area contributed by atoms with Crippen molar-refractivity contribution in [2.75, 3.05) is 33.4 Å². The molecule has 0 bridgehead atoms. The highest BCUT2D eigenvalue weighted by Gasteiger charge is 2.33. The van der Waals surface area contributed by atoms with E-state index in [9.17, 15) is 4.79 Å². The van der Waals surface area contributed by atoms with Gasteiger partial charge in [-0.2, -0.15) is 0 Å². The van der Waals surface area contributed by atoms with Gasteiger partial charge in [-0.1, -0.05) is 67.1 Å². The first-order valence-corrected chi connectivity index (χ1v) is 12.4. The molecule has 0 radical (unpaired) electrons. The summed E-state index contributed by atoms with van der Waals surface area (Å²) in [6.07, 6.45) is 4.89. The Morgan fingerprint density at radius 3 is 2.18 bits per heavy atom. The highest BCUT2D eigenvalue weighted by molar-refractivity contribution is 5.69. The van der Waals surface area contributed by atoms with Gasteiger partial charge in [-0.15, -0.1) is 0 Å². The standard InChI is InChI=1S/C28H40N2O3/c1-3-33-28(31)17-11-6-12-19-29-20-18-26(27(23-29)32-2)30(21-24-13-7-4-8-14-24)22-25-15-9-5-10-16-25/h4-5,7-10,13-16,26-27H,3,6,11-12,17-23H2,1-2H3/t26-,27+/m1/s1. The van der Waals surface area contributed by atoms with E-state index in [-0.39, 0.29) is 12.1 Å². The second-order valence-electron chi connectivity index (χ2n) is 8.92. The Morgan fingerprint density at radius 1 is 0.970 bits per heavy atom. The third kappa shape index (κ3) is 8.58. The minimum atomic E-state index is -0.0744. The molecule has 2 atom stereocenters. The third-order valence-electron chi connectivity index (χ3n) is 6.50. The van der Waals surface area contributed by atoms with Crippen LogP contribution in [0, 0.1) is 0 Å². The quantitative estimate of drug-likeness (QED) is 0.319. The molecule has 0 spiro atoms. The Kier molecular flexibility index (Phi) is 10.9. The zero-order valence-corrected chi connectivity index (χ0v) is 20.3. The van der Waals surface area contributed by atoms with Crippen molar-refractivity contribution in [1.29, 1.82) is 0 Å². The normalized spacial score (nSPS) is 19.0. The summed E-state index contributed by atoms with van der Waals surface area (Å²) in [5.74, 6) is -0.0744. The minimum Gasteiger partial charge on any atom is -0.466 e. The minimum absolute atomic E-state index is 0.0744. The molecule has 0 amide bonds. The Labute approximate surface area is 199 Å². The summed E-state index contributed by atoms with van der Waals surface area (Å²) in [6, 6.07) is 21.9. The van der Waals surface area contributed by atoms with Gasteiger partial charge in [-0.3, -0.25) is 9.69 Å². The Balaban J connectivity index is 1.55. The van der Waals surface area contributed by atoms with Crippen molar-refractivity contribution in [3.8, 4) is 0 Å². The first kappa shape index (κ1) is 25.4. The smallest absolute Gasteiger partial charge is 0.305 e. The van der Waals surface area contributed by atoms with Crippen molar-refractivity contribution in [3.05, 3.63) is 71.8 Å². The monoisotopic (exact) mass is 452 g/mol. The fourth-order valence-electron chi connectivity index (χ4n) is 4.76. The largest absolute Gasteiger partial charge is 0.466 e. The number of nitrogens with zero attached hydrogens (tertiary/aromatic N) is 2. The average Bonchev–Trinajstić information content (AvgIpc) is 2.85. The van der Waals surface area contributed by atoms with Crippen molar-refractivity contribution < 1.29 is 14.3 Å². The van der Waals surface area contributed by atoms with Gasteiger partial charge in [0.2, 0.25) is 0 Å². The van der Waals surface area contributed by atoms with E-state index in [1.807, 2.05) is 14.0 Å². The molecule has 1 saturated heterocycles. The van der Waals surface area contributed by atoms with Crippen molar-refractivity contribution in [2.24, 2.45) is 0 Å². The average molecular weight is 453 g/mol. The van der Waals surface area contributed by atoms with E-state index in [0.717, 1.165) is 58.4 Å². The van der Waals surface area contributed by atoms with Gasteiger partial charge >= 0.3 is 5.97 Å². The van der Waals surface area contributed by atoms with Gasteiger partial charge in [0.05, 0.1) is 12.7 Å². The number of hydrogen-bond acceptors (Lipinski definition) is 5. The molecule has 0 aromatic heterocycles. The summed E-state index contributed by atoms with van der Waals surface area (Å²) in [5.41, 5.74) is 2.68. The van der Waals surface area contributed by atoms with Crippen LogP contribution < -0.4 is 0 Å². The van der Waals surface area contributed by atoms with E-state index in [2.05, 4.69) is 70.5 Å². The van der Waals surface area contributed by atoms with Crippen molar-refractivity contribution in [2.45, 2.75) is 64.3 Å². The molecule has 0 N–H and O–H groups in total. The van der Waals surface area contributed by atoms with Crippen LogP contribution in [0.4, 0.5) is 0 Å². The molecule has 3 rings (SSSR count). The molecule has 5 nitrogen and oxygen atoms in total. The SMILES string of the molecule is CCOC(=O)CCCCCN1CC[C@@H](N(Cc2ccccc2)Cc2ccccc2)[C@@H](OC)C1. The van der Waals surface area contributed by atoms with Crippen LogP contribution in [0.25, 0.3) is 0 Å². The molecule has 5 heteroatoms. The molecule has 2 aromatic carbocycles. The van der Waals surface area contributed by atoms with Crippen molar-refractivity contribution >= 4 is 5.97 Å². The van der Waals surface area contributed by atoms with E-state index >= 15 is 0 Å². The number of hydrogen-bond donors (Lipinski definition) is 0. The van der Waals surface area contributed by atoms with E-state index in [1.165, 1.54) is 11.1 Å². The maximum absolute atomic E-state index is 11.5. The number of carbonyl (C=O) groups excluding carboxylic acids is 1. The number of unbranched alkanes of at least 4 members (excludes halogenated alkanes) is 2. The van der Waals surface area contributed by atoms with Crippen LogP contribution >= 0.6 is 0 Å². The molecule has 1 heterocycles. The Bertz CT molecular complexity index is 758. The van der Waals surface area contributed by atoms with Crippen LogP contribution in [0.1, 0.15) is 50.2 Å². The summed E-state index contributed by atoms with van der Waals surface area (Å²) in [6.45, 7) is 7.28. The topological polar surface area (TPSA) is 42.0 Å². The van der Waals surface area contributed by atoms with Crippen LogP contribution in [0.5, 0.6) is 0 Å². The first-order chi connectivity index (χ1) is 16.2. The van der Waals surface area contributed by atoms with Crippen LogP contribution in [0.15, 0.2) is 60.7 Å². The molecule has 2 aromatic rings. The van der Waals surface area contributed by atoms with Gasteiger partial charge in [0.1, 0.15) is 0 Å². The molecule has 33 heavy (non-hydrogen) atoms. The predicted molar refractivity (Wildman–Crippen MR) is 133 cm³/mol. The van der Waals surface area contributed by atoms with Gasteiger partial charge in [-0.05, 0) is 50.4 Å². The van der Waals surface area contributed by atoms with E-state index in [4.69, 9.17) is 9.47 Å². The molecular formula is C28H40N2O3. The second kappa shape index (κ2) is 14.1. The predicted octanol–water partition coefficient (Wildman–Crippen LogP) is 4.90. The van der Waals surface area contributed by atoms with E-state index in [1.54, 1.807) is 0 Å². The number of piperidine rings is 1. The molecule has 0 saturated carbocycles. The third-order valence-corrected chi connectivity index (χ3v) is 6.50. The Hall–Kier alpha value is -2.21. The molecular weight excluding hydrogens is 412 g/mol. The number of likely N-dealkylation sites (tertiary alicyclic amines) is 1. The van der Waals surface area contributed by atoms with Crippen LogP contribution in [0.3, 0.4) is 0 Å². The lowest BCUT2D eigenvalue weighted by molar-refractivity contribution is -0.143. The lowest BCUT2D eigenvalue weighted by Crippen LogP contribution is -2.54. The second-order valence-corrected chi connectivity index (χ2v) is 8.92. The van der Waals surface area contributed by atoms with Gasteiger partial charge in [-0.25, -0.2) is 0 Å². The highest BCUT2D eigenvalue weighted by Crippen LogP contribution is 2.24. The van der Waals surface area contributed by atoms with E-state index in [0.29, 0.717) is 19.1 Å². The molecule has 1 fully saturated rings. The molecule has 0 aliphatic carbocycles. The van der Waals surface area contributed by atoms with Crippen LogP contribution in [-0.4, -0.2) is 61.3 Å². The number of esters is 1. The molecule has 180 valence electrons. The zero-order chi connectivity index (χ0) is 23.3. The lowest BCUT2D eigenvalue weighted by Gasteiger charge is -2.43. The van der Waals surface area contributed by atoms with Gasteiger partial charge in [0.25, 0.3) is 0 Å². The number of benzene rings is 2. The highest BCUT2D eigenvalue weighted by atomic mass is 16.5. The molecule has 1 aliphatic heterocycles. The fraction of sp³-hybridized carbons (Fsp3) is 0.536. The fourth-order valence-corrected chi connectivity index (χ4v) is 4.76. The summed E-state index contributed by atoms with van der Waals surface area (Å²) < 4.78 is 11.0. The number of ether oxygens (including phenoxy) is 2. The van der Waals surface area contributed by atoms with Gasteiger partial charge in [0.15, 0.2) is 0 Å². The molecule has 1 aliphatic rings. The zero-order valence-electron chi connectivity index (χ0n) is 20.3. The summed E-state index contributed by atoms with van der Waals surface area (Å²) in [4.78, 5) is 16.6. The van der Waals surface area contributed by atoms with Crippen LogP contribution in [-0.2, 0) is 27.4 Å². The lowest BCUT2D eigenvalue weighted by atomic mass is 9.97. The first-order valence-electron chi connectivity index (χ1n) is 12.4. The van der Waals surface area contributed by atoms with E-state index < -0.39 is 0 Å². The number of methoxy groups -OCH3 is 1. The van der Waals surface area contributed by atoms with Crippen LogP contribution in [0.2, 0.25) is 0 Å². The number of carbonyl (C=O) groups is 1. The van der Waals surface area contributed by atoms with Crippen molar-refractivity contribution in [3.63, 3.8) is 0 Å². The summed E-state index contributed by atoms with van der Waals surface area (Å²) >= 11 is 0. The van der Waals surface area contributed by atoms with Gasteiger partial charge < -0.3 is 14.4 Å². The Morgan fingerprint density at radius 2 is 1.61 bits per heavy atom. The van der Waals surface area contributed by atoms with Crippen molar-refractivity contribution in [1.82, 2.24) is 9.80 Å². The summed E-state index contributed by atoms with van der Waals surface area (Å²) in [5, 5.41) is 0. The maximum atomic E-state index is 11.5. The summed E-state index contributed by atoms with van der Waals surface area (Å²) in [7, 11) is 1.85. The molecule has 0 unspecified atom stereocenters. The van der Waals surface area contributed by atoms with Gasteiger partial charge in [0, 0.05) is 39.2 Å². The number of rotatable bonds is 13. The maximum Gasteiger partial charge on any atom is 0.305 e.